The SMILES string of the molecule is CCNC(CCN1CCCC(O)C1)c1ccc(C)c(F)c1. The summed E-state index contributed by atoms with van der Waals surface area (Å²) in [5.74, 6) is -0.135. The van der Waals surface area contributed by atoms with Crippen molar-refractivity contribution in [2.45, 2.75) is 45.3 Å². The van der Waals surface area contributed by atoms with Gasteiger partial charge in [0, 0.05) is 19.1 Å². The van der Waals surface area contributed by atoms with E-state index in [0.29, 0.717) is 5.56 Å². The van der Waals surface area contributed by atoms with E-state index in [-0.39, 0.29) is 18.0 Å². The number of aryl methyl sites for hydroxylation is 1. The Bertz CT molecular complexity index is 452. The number of nitrogens with one attached hydrogen (secondary N) is 1. The summed E-state index contributed by atoms with van der Waals surface area (Å²) in [7, 11) is 0. The summed E-state index contributed by atoms with van der Waals surface area (Å²) in [5, 5.41) is 13.2. The van der Waals surface area contributed by atoms with Crippen molar-refractivity contribution < 1.29 is 9.50 Å². The van der Waals surface area contributed by atoms with Gasteiger partial charge in [0.05, 0.1) is 6.10 Å². The van der Waals surface area contributed by atoms with Crippen molar-refractivity contribution in [1.82, 2.24) is 10.2 Å². The zero-order valence-corrected chi connectivity index (χ0v) is 13.1. The second-order valence-electron chi connectivity index (χ2n) is 6.00. The summed E-state index contributed by atoms with van der Waals surface area (Å²) >= 11 is 0. The van der Waals surface area contributed by atoms with Gasteiger partial charge in [0.1, 0.15) is 5.82 Å². The normalized spacial score (nSPS) is 21.4. The third kappa shape index (κ3) is 4.77. The largest absolute Gasteiger partial charge is 0.392 e. The van der Waals surface area contributed by atoms with Gasteiger partial charge < -0.3 is 15.3 Å². The van der Waals surface area contributed by atoms with E-state index in [0.717, 1.165) is 51.0 Å². The smallest absolute Gasteiger partial charge is 0.126 e. The molecule has 2 N–H and O–H groups in total. The van der Waals surface area contributed by atoms with Gasteiger partial charge in [-0.2, -0.15) is 0 Å². The average molecular weight is 294 g/mol. The fraction of sp³-hybridized carbons (Fsp3) is 0.647. The van der Waals surface area contributed by atoms with E-state index in [9.17, 15) is 9.50 Å². The lowest BCUT2D eigenvalue weighted by Gasteiger charge is -2.31. The number of nitrogens with zero attached hydrogens (tertiary/aromatic N) is 1. The Morgan fingerprint density at radius 2 is 2.29 bits per heavy atom. The molecule has 1 saturated heterocycles. The number of piperidine rings is 1. The summed E-state index contributed by atoms with van der Waals surface area (Å²) < 4.78 is 13.8. The summed E-state index contributed by atoms with van der Waals surface area (Å²) in [6.07, 6.45) is 2.72. The molecule has 0 aliphatic carbocycles. The number of likely N-dealkylation sites (tertiary alicyclic amines) is 1. The maximum Gasteiger partial charge on any atom is 0.126 e. The van der Waals surface area contributed by atoms with Crippen LogP contribution in [0.5, 0.6) is 0 Å². The monoisotopic (exact) mass is 294 g/mol. The third-order valence-corrected chi connectivity index (χ3v) is 4.26. The lowest BCUT2D eigenvalue weighted by molar-refractivity contribution is 0.0685. The zero-order valence-electron chi connectivity index (χ0n) is 13.1. The number of hydrogen-bond donors (Lipinski definition) is 2. The Kier molecular flexibility index (Phi) is 6.15. The van der Waals surface area contributed by atoms with Crippen molar-refractivity contribution in [1.29, 1.82) is 0 Å². The van der Waals surface area contributed by atoms with E-state index in [1.54, 1.807) is 13.0 Å². The molecule has 3 nitrogen and oxygen atoms in total. The number of aliphatic hydroxyl groups excluding tert-OH is 1. The van der Waals surface area contributed by atoms with Gasteiger partial charge in [0.2, 0.25) is 0 Å². The van der Waals surface area contributed by atoms with Gasteiger partial charge >= 0.3 is 0 Å². The fourth-order valence-corrected chi connectivity index (χ4v) is 3.00. The molecule has 0 aromatic heterocycles. The van der Waals surface area contributed by atoms with Crippen LogP contribution >= 0.6 is 0 Å². The van der Waals surface area contributed by atoms with Crippen molar-refractivity contribution in [2.75, 3.05) is 26.2 Å². The Balaban J connectivity index is 1.96. The molecule has 1 fully saturated rings. The standard InChI is InChI=1S/C17H27FN2O/c1-3-19-17(14-7-6-13(2)16(18)11-14)8-10-20-9-4-5-15(21)12-20/h6-7,11,15,17,19,21H,3-5,8-10,12H2,1-2H3. The van der Waals surface area contributed by atoms with Crippen LogP contribution in [0.15, 0.2) is 18.2 Å². The molecule has 0 radical (unpaired) electrons. The summed E-state index contributed by atoms with van der Waals surface area (Å²) in [6, 6.07) is 5.67. The van der Waals surface area contributed by atoms with Crippen LogP contribution in [0.1, 0.15) is 43.4 Å². The van der Waals surface area contributed by atoms with Crippen LogP contribution in [0.4, 0.5) is 4.39 Å². The van der Waals surface area contributed by atoms with E-state index in [1.165, 1.54) is 0 Å². The molecular formula is C17H27FN2O. The van der Waals surface area contributed by atoms with Gasteiger partial charge in [-0.3, -0.25) is 0 Å². The van der Waals surface area contributed by atoms with E-state index in [2.05, 4.69) is 17.1 Å². The van der Waals surface area contributed by atoms with Gasteiger partial charge in [-0.25, -0.2) is 4.39 Å². The van der Waals surface area contributed by atoms with Crippen LogP contribution < -0.4 is 5.32 Å². The molecule has 0 amide bonds. The van der Waals surface area contributed by atoms with Crippen molar-refractivity contribution in [3.63, 3.8) is 0 Å². The molecule has 0 bridgehead atoms. The third-order valence-electron chi connectivity index (χ3n) is 4.26. The highest BCUT2D eigenvalue weighted by molar-refractivity contribution is 5.25. The molecule has 1 aliphatic heterocycles. The number of β-amino-alcohol motifs (C(OH)–C–C–N with tert-alkyl or cyclic N) is 1. The molecule has 1 heterocycles. The summed E-state index contributed by atoms with van der Waals surface area (Å²) in [5.41, 5.74) is 1.70. The van der Waals surface area contributed by atoms with Crippen molar-refractivity contribution >= 4 is 0 Å². The first-order valence-electron chi connectivity index (χ1n) is 8.00. The number of halogens is 1. The van der Waals surface area contributed by atoms with Crippen LogP contribution in [-0.4, -0.2) is 42.3 Å². The Morgan fingerprint density at radius 3 is 2.95 bits per heavy atom. The Labute approximate surface area is 127 Å². The topological polar surface area (TPSA) is 35.5 Å². The second kappa shape index (κ2) is 7.87. The van der Waals surface area contributed by atoms with E-state index in [1.807, 2.05) is 12.1 Å². The van der Waals surface area contributed by atoms with Gasteiger partial charge in [-0.1, -0.05) is 19.1 Å². The predicted octanol–water partition coefficient (Wildman–Crippen LogP) is 2.63. The second-order valence-corrected chi connectivity index (χ2v) is 6.00. The fourth-order valence-electron chi connectivity index (χ4n) is 3.00. The molecular weight excluding hydrogens is 267 g/mol. The van der Waals surface area contributed by atoms with Crippen LogP contribution in [0.3, 0.4) is 0 Å². The molecule has 2 atom stereocenters. The van der Waals surface area contributed by atoms with E-state index in [4.69, 9.17) is 0 Å². The quantitative estimate of drug-likeness (QED) is 0.846. The van der Waals surface area contributed by atoms with Crippen LogP contribution in [-0.2, 0) is 0 Å². The minimum absolute atomic E-state index is 0.135. The Hall–Kier alpha value is -0.970. The lowest BCUT2D eigenvalue weighted by atomic mass is 10.0. The highest BCUT2D eigenvalue weighted by Crippen LogP contribution is 2.21. The molecule has 0 spiro atoms. The molecule has 2 unspecified atom stereocenters. The van der Waals surface area contributed by atoms with Crippen molar-refractivity contribution in [3.05, 3.63) is 35.1 Å². The number of hydrogen-bond acceptors (Lipinski definition) is 3. The van der Waals surface area contributed by atoms with Gasteiger partial charge in [0.15, 0.2) is 0 Å². The number of aliphatic hydroxyl groups is 1. The summed E-state index contributed by atoms with van der Waals surface area (Å²) in [4.78, 5) is 2.31. The first kappa shape index (κ1) is 16.4. The highest BCUT2D eigenvalue weighted by atomic mass is 19.1. The van der Waals surface area contributed by atoms with Crippen LogP contribution in [0.25, 0.3) is 0 Å². The Morgan fingerprint density at radius 1 is 1.48 bits per heavy atom. The average Bonchev–Trinajstić information content (AvgIpc) is 2.46. The molecule has 1 aliphatic rings. The molecule has 1 aromatic carbocycles. The maximum atomic E-state index is 13.8. The van der Waals surface area contributed by atoms with Crippen LogP contribution in [0, 0.1) is 12.7 Å². The first-order valence-corrected chi connectivity index (χ1v) is 8.00. The van der Waals surface area contributed by atoms with Gasteiger partial charge in [0.25, 0.3) is 0 Å². The minimum atomic E-state index is -0.187. The molecule has 0 saturated carbocycles. The van der Waals surface area contributed by atoms with Gasteiger partial charge in [-0.15, -0.1) is 0 Å². The number of rotatable bonds is 6. The van der Waals surface area contributed by atoms with E-state index >= 15 is 0 Å². The maximum absolute atomic E-state index is 13.8. The first-order chi connectivity index (χ1) is 10.1. The highest BCUT2D eigenvalue weighted by Gasteiger charge is 2.19. The molecule has 21 heavy (non-hydrogen) atoms. The summed E-state index contributed by atoms with van der Waals surface area (Å²) in [6.45, 7) is 7.48. The molecule has 118 valence electrons. The van der Waals surface area contributed by atoms with Crippen LogP contribution in [0.2, 0.25) is 0 Å². The minimum Gasteiger partial charge on any atom is -0.392 e. The van der Waals surface area contributed by atoms with Gasteiger partial charge in [-0.05, 0) is 56.5 Å². The van der Waals surface area contributed by atoms with E-state index < -0.39 is 0 Å². The van der Waals surface area contributed by atoms with Crippen molar-refractivity contribution in [2.24, 2.45) is 0 Å². The molecule has 1 aromatic rings. The van der Waals surface area contributed by atoms with Crippen molar-refractivity contribution in [3.8, 4) is 0 Å². The lowest BCUT2D eigenvalue weighted by Crippen LogP contribution is -2.39. The molecule has 2 rings (SSSR count). The zero-order chi connectivity index (χ0) is 15.2. The molecule has 4 heteroatoms. The predicted molar refractivity (Wildman–Crippen MR) is 83.9 cm³/mol. The number of benzene rings is 1.